The average Bonchev–Trinajstić information content (AvgIpc) is 3.38. The zero-order chi connectivity index (χ0) is 25.5. The minimum Gasteiger partial charge on any atom is -0.493 e. The second-order valence-corrected chi connectivity index (χ2v) is 9.79. The van der Waals surface area contributed by atoms with Crippen molar-refractivity contribution in [3.8, 4) is 5.75 Å². The maximum Gasteiger partial charge on any atom is 0.254 e. The van der Waals surface area contributed by atoms with E-state index in [0.29, 0.717) is 44.1 Å². The van der Waals surface area contributed by atoms with Gasteiger partial charge in [-0.05, 0) is 79.6 Å². The Kier molecular flexibility index (Phi) is 7.94. The van der Waals surface area contributed by atoms with Crippen molar-refractivity contribution in [2.45, 2.75) is 45.2 Å². The molecule has 0 radical (unpaired) electrons. The van der Waals surface area contributed by atoms with Crippen LogP contribution in [-0.4, -0.2) is 34.8 Å². The number of anilines is 1. The summed E-state index contributed by atoms with van der Waals surface area (Å²) in [6, 6.07) is 21.1. The fourth-order valence-electron chi connectivity index (χ4n) is 4.97. The van der Waals surface area contributed by atoms with Gasteiger partial charge in [0.2, 0.25) is 5.91 Å². The first-order valence-corrected chi connectivity index (χ1v) is 13.1. The van der Waals surface area contributed by atoms with E-state index >= 15 is 0 Å². The van der Waals surface area contributed by atoms with E-state index in [4.69, 9.17) is 4.74 Å². The smallest absolute Gasteiger partial charge is 0.254 e. The van der Waals surface area contributed by atoms with Crippen molar-refractivity contribution in [3.05, 3.63) is 102 Å². The van der Waals surface area contributed by atoms with Gasteiger partial charge in [-0.1, -0.05) is 36.4 Å². The van der Waals surface area contributed by atoms with E-state index < -0.39 is 0 Å². The molecule has 0 saturated carbocycles. The number of ether oxygens (including phenoxy) is 1. The number of carbonyl (C=O) groups excluding carboxylic acids is 2. The number of hydrogen-bond acceptors (Lipinski definition) is 4. The summed E-state index contributed by atoms with van der Waals surface area (Å²) < 4.78 is 6.13. The van der Waals surface area contributed by atoms with Crippen LogP contribution in [-0.2, 0) is 17.9 Å². The average molecular weight is 496 g/mol. The van der Waals surface area contributed by atoms with Gasteiger partial charge in [-0.2, -0.15) is 0 Å². The van der Waals surface area contributed by atoms with Gasteiger partial charge in [0.25, 0.3) is 5.91 Å². The van der Waals surface area contributed by atoms with Gasteiger partial charge in [0.15, 0.2) is 0 Å². The summed E-state index contributed by atoms with van der Waals surface area (Å²) in [7, 11) is 0. The number of rotatable bonds is 9. The third-order valence-electron chi connectivity index (χ3n) is 6.98. The van der Waals surface area contributed by atoms with E-state index in [0.717, 1.165) is 48.4 Å². The fourth-order valence-corrected chi connectivity index (χ4v) is 4.97. The van der Waals surface area contributed by atoms with Crippen molar-refractivity contribution < 1.29 is 14.3 Å². The monoisotopic (exact) mass is 495 g/mol. The topological polar surface area (TPSA) is 62.7 Å². The number of nitrogens with zero attached hydrogens (tertiary/aromatic N) is 3. The van der Waals surface area contributed by atoms with Gasteiger partial charge < -0.3 is 14.5 Å². The number of benzene rings is 2. The van der Waals surface area contributed by atoms with Crippen molar-refractivity contribution in [1.82, 2.24) is 9.88 Å². The molecular weight excluding hydrogens is 462 g/mol. The first-order chi connectivity index (χ1) is 18.2. The second kappa shape index (κ2) is 11.9. The Bertz CT molecular complexity index is 1260. The second-order valence-electron chi connectivity index (χ2n) is 9.79. The SMILES string of the molecule is O=C(c1cccc(N2CCCC2=O)c1)N(Cc1cccc(OC[C@@H]2CC=CCC2)c1)Cc1ccccn1. The summed E-state index contributed by atoms with van der Waals surface area (Å²) in [6.07, 6.45) is 11.0. The van der Waals surface area contributed by atoms with Crippen molar-refractivity contribution in [3.63, 3.8) is 0 Å². The van der Waals surface area contributed by atoms with Crippen LogP contribution in [0.5, 0.6) is 5.75 Å². The van der Waals surface area contributed by atoms with Gasteiger partial charge in [-0.25, -0.2) is 0 Å². The molecule has 190 valence electrons. The van der Waals surface area contributed by atoms with Crippen molar-refractivity contribution in [2.75, 3.05) is 18.1 Å². The Labute approximate surface area is 218 Å². The minimum atomic E-state index is -0.0977. The summed E-state index contributed by atoms with van der Waals surface area (Å²) in [6.45, 7) is 2.20. The lowest BCUT2D eigenvalue weighted by molar-refractivity contribution is -0.117. The van der Waals surface area contributed by atoms with E-state index in [1.165, 1.54) is 0 Å². The number of aromatic nitrogens is 1. The molecule has 1 aliphatic heterocycles. The molecule has 37 heavy (non-hydrogen) atoms. The summed E-state index contributed by atoms with van der Waals surface area (Å²) in [5.41, 5.74) is 3.15. The zero-order valence-corrected chi connectivity index (χ0v) is 21.1. The molecule has 2 aromatic carbocycles. The Morgan fingerprint density at radius 1 is 1.03 bits per heavy atom. The summed E-state index contributed by atoms with van der Waals surface area (Å²) >= 11 is 0. The first-order valence-electron chi connectivity index (χ1n) is 13.1. The molecule has 0 bridgehead atoms. The van der Waals surface area contributed by atoms with Crippen LogP contribution in [0.4, 0.5) is 5.69 Å². The molecule has 1 aromatic heterocycles. The highest BCUT2D eigenvalue weighted by molar-refractivity contribution is 5.99. The largest absolute Gasteiger partial charge is 0.493 e. The molecule has 6 heteroatoms. The molecular formula is C31H33N3O3. The summed E-state index contributed by atoms with van der Waals surface area (Å²) in [5.74, 6) is 1.38. The number of carbonyl (C=O) groups is 2. The lowest BCUT2D eigenvalue weighted by atomic mass is 9.95. The first kappa shape index (κ1) is 24.8. The Morgan fingerprint density at radius 2 is 1.95 bits per heavy atom. The molecule has 2 amide bonds. The molecule has 0 unspecified atom stereocenters. The standard InChI is InChI=1S/C31H33N3O3/c35-30-16-8-18-34(30)28-14-7-12-26(20-28)31(36)33(22-27-13-4-5-17-32-27)21-25-11-6-15-29(19-25)37-23-24-9-2-1-3-10-24/h1-2,4-7,11-15,17,19-20,24H,3,8-10,16,18,21-23H2/t24-/m1/s1. The van der Waals surface area contributed by atoms with Crippen LogP contribution in [0.25, 0.3) is 0 Å². The molecule has 5 rings (SSSR count). The molecule has 0 spiro atoms. The minimum absolute atomic E-state index is 0.0977. The molecule has 6 nitrogen and oxygen atoms in total. The number of pyridine rings is 1. The lowest BCUT2D eigenvalue weighted by Gasteiger charge is -2.24. The number of hydrogen-bond donors (Lipinski definition) is 0. The zero-order valence-electron chi connectivity index (χ0n) is 21.1. The third kappa shape index (κ3) is 6.45. The van der Waals surface area contributed by atoms with Gasteiger partial charge in [0, 0.05) is 37.0 Å². The number of amides is 2. The Hall–Kier alpha value is -3.93. The van der Waals surface area contributed by atoms with Gasteiger partial charge in [0.05, 0.1) is 18.8 Å². The van der Waals surface area contributed by atoms with Crippen LogP contribution in [0.1, 0.15) is 53.7 Å². The summed E-state index contributed by atoms with van der Waals surface area (Å²) in [4.78, 5) is 34.1. The predicted octanol–water partition coefficient (Wildman–Crippen LogP) is 5.79. The lowest BCUT2D eigenvalue weighted by Crippen LogP contribution is -2.31. The molecule has 1 aliphatic carbocycles. The van der Waals surface area contributed by atoms with Crippen molar-refractivity contribution >= 4 is 17.5 Å². The van der Waals surface area contributed by atoms with Crippen LogP contribution >= 0.6 is 0 Å². The molecule has 1 saturated heterocycles. The highest BCUT2D eigenvalue weighted by atomic mass is 16.5. The van der Waals surface area contributed by atoms with Crippen molar-refractivity contribution in [1.29, 1.82) is 0 Å². The van der Waals surface area contributed by atoms with Crippen LogP contribution in [0.2, 0.25) is 0 Å². The van der Waals surface area contributed by atoms with Gasteiger partial charge >= 0.3 is 0 Å². The quantitative estimate of drug-likeness (QED) is 0.353. The Balaban J connectivity index is 1.34. The van der Waals surface area contributed by atoms with Crippen molar-refractivity contribution in [2.24, 2.45) is 5.92 Å². The van der Waals surface area contributed by atoms with Gasteiger partial charge in [-0.15, -0.1) is 0 Å². The molecule has 2 aliphatic rings. The number of allylic oxidation sites excluding steroid dienone is 2. The summed E-state index contributed by atoms with van der Waals surface area (Å²) in [5, 5.41) is 0. The van der Waals surface area contributed by atoms with E-state index in [1.807, 2.05) is 66.7 Å². The van der Waals surface area contributed by atoms with Crippen LogP contribution in [0.3, 0.4) is 0 Å². The van der Waals surface area contributed by atoms with Crippen LogP contribution < -0.4 is 9.64 Å². The van der Waals surface area contributed by atoms with E-state index in [1.54, 1.807) is 16.0 Å². The van der Waals surface area contributed by atoms with E-state index in [9.17, 15) is 9.59 Å². The van der Waals surface area contributed by atoms with E-state index in [-0.39, 0.29) is 11.8 Å². The maximum absolute atomic E-state index is 13.8. The highest BCUT2D eigenvalue weighted by Crippen LogP contribution is 2.25. The molecule has 2 heterocycles. The van der Waals surface area contributed by atoms with E-state index in [2.05, 4.69) is 17.1 Å². The fraction of sp³-hybridized carbons (Fsp3) is 0.323. The van der Waals surface area contributed by atoms with Crippen LogP contribution in [0, 0.1) is 5.92 Å². The van der Waals surface area contributed by atoms with Crippen LogP contribution in [0.15, 0.2) is 85.1 Å². The predicted molar refractivity (Wildman–Crippen MR) is 144 cm³/mol. The molecule has 1 atom stereocenters. The highest BCUT2D eigenvalue weighted by Gasteiger charge is 2.24. The normalized spacial score (nSPS) is 17.1. The van der Waals surface area contributed by atoms with Gasteiger partial charge in [0.1, 0.15) is 5.75 Å². The molecule has 0 N–H and O–H groups in total. The Morgan fingerprint density at radius 3 is 2.73 bits per heavy atom. The molecule has 1 fully saturated rings. The maximum atomic E-state index is 13.8. The van der Waals surface area contributed by atoms with Gasteiger partial charge in [-0.3, -0.25) is 14.6 Å². The third-order valence-corrected chi connectivity index (χ3v) is 6.98. The molecule has 3 aromatic rings.